The third-order valence-corrected chi connectivity index (χ3v) is 10.2. The SMILES string of the molecule is CCCCCCCCCCCCCCCCCCN(CCCCCCCCCCCCCCCCCC)C(=O)CCCOCCOCCN. The van der Waals surface area contributed by atoms with Gasteiger partial charge in [-0.25, -0.2) is 0 Å². The van der Waals surface area contributed by atoms with Crippen LogP contribution >= 0.6 is 0 Å². The molecule has 0 aliphatic carbocycles. The molecule has 1 amide bonds. The number of rotatable bonds is 43. The van der Waals surface area contributed by atoms with Crippen LogP contribution in [-0.4, -0.2) is 56.9 Å². The highest BCUT2D eigenvalue weighted by atomic mass is 16.5. The normalized spacial score (nSPS) is 11.5. The fourth-order valence-corrected chi connectivity index (χ4v) is 6.95. The maximum Gasteiger partial charge on any atom is 0.222 e. The highest BCUT2D eigenvalue weighted by Gasteiger charge is 2.13. The number of unbranched alkanes of at least 4 members (excludes halogenated alkanes) is 30. The third kappa shape index (κ3) is 40.0. The van der Waals surface area contributed by atoms with E-state index in [0.29, 0.717) is 45.3 Å². The van der Waals surface area contributed by atoms with Crippen LogP contribution in [0.25, 0.3) is 0 Å². The Morgan fingerprint density at radius 2 is 0.673 bits per heavy atom. The van der Waals surface area contributed by atoms with E-state index in [1.807, 2.05) is 0 Å². The summed E-state index contributed by atoms with van der Waals surface area (Å²) in [7, 11) is 0. The Morgan fingerprint density at radius 1 is 0.388 bits per heavy atom. The van der Waals surface area contributed by atoms with E-state index in [-0.39, 0.29) is 0 Å². The van der Waals surface area contributed by atoms with E-state index in [4.69, 9.17) is 15.2 Å². The van der Waals surface area contributed by atoms with Gasteiger partial charge in [-0.2, -0.15) is 0 Å². The Balaban J connectivity index is 3.98. The number of hydrogen-bond acceptors (Lipinski definition) is 4. The zero-order valence-corrected chi connectivity index (χ0v) is 33.7. The minimum Gasteiger partial charge on any atom is -0.379 e. The van der Waals surface area contributed by atoms with Gasteiger partial charge in [0.25, 0.3) is 0 Å². The van der Waals surface area contributed by atoms with Crippen LogP contribution in [0.5, 0.6) is 0 Å². The molecule has 0 radical (unpaired) electrons. The van der Waals surface area contributed by atoms with Gasteiger partial charge in [-0.1, -0.05) is 206 Å². The van der Waals surface area contributed by atoms with Gasteiger partial charge in [0.15, 0.2) is 0 Å². The Hall–Kier alpha value is -0.650. The van der Waals surface area contributed by atoms with Crippen molar-refractivity contribution < 1.29 is 14.3 Å². The quantitative estimate of drug-likeness (QED) is 0.0645. The predicted octanol–water partition coefficient (Wildman–Crippen LogP) is 13.1. The van der Waals surface area contributed by atoms with E-state index in [1.165, 1.54) is 193 Å². The van der Waals surface area contributed by atoms with E-state index in [9.17, 15) is 4.79 Å². The molecule has 0 bridgehead atoms. The van der Waals surface area contributed by atoms with Gasteiger partial charge >= 0.3 is 0 Å². The number of carbonyl (C=O) groups is 1. The predicted molar refractivity (Wildman–Crippen MR) is 216 cm³/mol. The second-order valence-electron chi connectivity index (χ2n) is 15.1. The molecule has 0 fully saturated rings. The minimum atomic E-state index is 0.324. The Bertz CT molecular complexity index is 581. The molecule has 294 valence electrons. The molecule has 0 aromatic rings. The van der Waals surface area contributed by atoms with Gasteiger partial charge in [0, 0.05) is 32.7 Å². The van der Waals surface area contributed by atoms with Crippen molar-refractivity contribution >= 4 is 5.91 Å². The van der Waals surface area contributed by atoms with Crippen molar-refractivity contribution in [1.29, 1.82) is 0 Å². The zero-order valence-electron chi connectivity index (χ0n) is 33.7. The summed E-state index contributed by atoms with van der Waals surface area (Å²) >= 11 is 0. The lowest BCUT2D eigenvalue weighted by Crippen LogP contribution is -2.33. The third-order valence-electron chi connectivity index (χ3n) is 10.2. The highest BCUT2D eigenvalue weighted by Crippen LogP contribution is 2.16. The zero-order chi connectivity index (χ0) is 35.6. The molecule has 2 N–H and O–H groups in total. The summed E-state index contributed by atoms with van der Waals surface area (Å²) in [6.45, 7) is 9.37. The molecule has 5 heteroatoms. The molecule has 0 atom stereocenters. The fourth-order valence-electron chi connectivity index (χ4n) is 6.95. The summed E-state index contributed by atoms with van der Waals surface area (Å²) in [6, 6.07) is 0. The summed E-state index contributed by atoms with van der Waals surface area (Å²) in [6.07, 6.45) is 45.7. The molecule has 0 spiro atoms. The Kier molecular flexibility index (Phi) is 42.9. The van der Waals surface area contributed by atoms with Gasteiger partial charge in [0.05, 0.1) is 19.8 Å². The molecular formula is C44H90N2O3. The molecule has 0 saturated heterocycles. The maximum atomic E-state index is 13.1. The van der Waals surface area contributed by atoms with E-state index in [0.717, 1.165) is 32.4 Å². The van der Waals surface area contributed by atoms with Crippen molar-refractivity contribution in [2.45, 2.75) is 232 Å². The van der Waals surface area contributed by atoms with Crippen molar-refractivity contribution in [3.05, 3.63) is 0 Å². The van der Waals surface area contributed by atoms with Crippen LogP contribution in [0.3, 0.4) is 0 Å². The van der Waals surface area contributed by atoms with Crippen LogP contribution in [0.15, 0.2) is 0 Å². The lowest BCUT2D eigenvalue weighted by Gasteiger charge is -2.23. The van der Waals surface area contributed by atoms with Crippen LogP contribution in [0, 0.1) is 0 Å². The van der Waals surface area contributed by atoms with Gasteiger partial charge in [-0.05, 0) is 19.3 Å². The van der Waals surface area contributed by atoms with Gasteiger partial charge in [-0.15, -0.1) is 0 Å². The lowest BCUT2D eigenvalue weighted by atomic mass is 10.0. The molecule has 0 aliphatic heterocycles. The fraction of sp³-hybridized carbons (Fsp3) is 0.977. The van der Waals surface area contributed by atoms with Crippen LogP contribution in [0.4, 0.5) is 0 Å². The number of nitrogens with two attached hydrogens (primary N) is 1. The summed E-state index contributed by atoms with van der Waals surface area (Å²) in [4.78, 5) is 15.3. The summed E-state index contributed by atoms with van der Waals surface area (Å²) < 4.78 is 11.0. The topological polar surface area (TPSA) is 64.8 Å². The van der Waals surface area contributed by atoms with E-state index < -0.39 is 0 Å². The molecule has 0 heterocycles. The summed E-state index contributed by atoms with van der Waals surface area (Å²) in [5, 5.41) is 0. The summed E-state index contributed by atoms with van der Waals surface area (Å²) in [5.74, 6) is 0.324. The van der Waals surface area contributed by atoms with Crippen LogP contribution in [0.2, 0.25) is 0 Å². The second kappa shape index (κ2) is 43.5. The number of hydrogen-bond donors (Lipinski definition) is 1. The largest absolute Gasteiger partial charge is 0.379 e. The van der Waals surface area contributed by atoms with E-state index in [1.54, 1.807) is 0 Å². The molecule has 0 aromatic heterocycles. The molecule has 0 aromatic carbocycles. The van der Waals surface area contributed by atoms with E-state index >= 15 is 0 Å². The standard InChI is InChI=1S/C44H90N2O3/c1-3-5-7-9-11-13-15-17-19-21-23-25-27-29-31-33-38-46(44(47)36-35-40-48-42-43-49-41-37-45)39-34-32-30-28-26-24-22-20-18-16-14-12-10-8-6-4-2/h3-43,45H2,1-2H3. The van der Waals surface area contributed by atoms with Crippen molar-refractivity contribution in [2.24, 2.45) is 5.73 Å². The second-order valence-corrected chi connectivity index (χ2v) is 15.1. The van der Waals surface area contributed by atoms with Crippen molar-refractivity contribution in [3.63, 3.8) is 0 Å². The molecular weight excluding hydrogens is 604 g/mol. The molecule has 5 nitrogen and oxygen atoms in total. The number of carbonyl (C=O) groups excluding carboxylic acids is 1. The van der Waals surface area contributed by atoms with Gasteiger partial charge in [-0.3, -0.25) is 4.79 Å². The van der Waals surface area contributed by atoms with Gasteiger partial charge < -0.3 is 20.1 Å². The average molecular weight is 695 g/mol. The number of amides is 1. The highest BCUT2D eigenvalue weighted by molar-refractivity contribution is 5.76. The molecule has 0 rings (SSSR count). The number of nitrogens with zero attached hydrogens (tertiary/aromatic N) is 1. The Morgan fingerprint density at radius 3 is 0.980 bits per heavy atom. The maximum absolute atomic E-state index is 13.1. The first-order chi connectivity index (χ1) is 24.3. The number of ether oxygens (including phenoxy) is 2. The van der Waals surface area contributed by atoms with Gasteiger partial charge in [0.2, 0.25) is 5.91 Å². The lowest BCUT2D eigenvalue weighted by molar-refractivity contribution is -0.131. The summed E-state index contributed by atoms with van der Waals surface area (Å²) in [5.41, 5.74) is 5.46. The van der Waals surface area contributed by atoms with Crippen molar-refractivity contribution in [1.82, 2.24) is 4.90 Å². The Labute approximate surface area is 308 Å². The van der Waals surface area contributed by atoms with Crippen LogP contribution in [0.1, 0.15) is 232 Å². The molecule has 0 aliphatic rings. The first kappa shape index (κ1) is 48.3. The van der Waals surface area contributed by atoms with Crippen LogP contribution in [-0.2, 0) is 14.3 Å². The molecule has 49 heavy (non-hydrogen) atoms. The minimum absolute atomic E-state index is 0.324. The average Bonchev–Trinajstić information content (AvgIpc) is 3.11. The van der Waals surface area contributed by atoms with Crippen LogP contribution < -0.4 is 5.73 Å². The van der Waals surface area contributed by atoms with Gasteiger partial charge in [0.1, 0.15) is 0 Å². The molecule has 0 saturated carbocycles. The first-order valence-electron chi connectivity index (χ1n) is 22.4. The van der Waals surface area contributed by atoms with E-state index in [2.05, 4.69) is 18.7 Å². The monoisotopic (exact) mass is 695 g/mol. The van der Waals surface area contributed by atoms with Crippen molar-refractivity contribution in [3.8, 4) is 0 Å². The first-order valence-corrected chi connectivity index (χ1v) is 22.4. The smallest absolute Gasteiger partial charge is 0.222 e. The molecule has 0 unspecified atom stereocenters. The van der Waals surface area contributed by atoms with Crippen molar-refractivity contribution in [2.75, 3.05) is 46.1 Å².